The molecule has 1 heterocycles. The third kappa shape index (κ3) is 2.09. The van der Waals surface area contributed by atoms with Crippen molar-refractivity contribution in [3.05, 3.63) is 30.1 Å². The Balaban J connectivity index is 2.76. The van der Waals surface area contributed by atoms with Gasteiger partial charge in [-0.15, -0.1) is 0 Å². The van der Waals surface area contributed by atoms with Crippen LogP contribution in [0.25, 0.3) is 6.08 Å². The number of hydrogen-bond acceptors (Lipinski definition) is 1. The van der Waals surface area contributed by atoms with Crippen LogP contribution in [-0.4, -0.2) is 10.9 Å². The van der Waals surface area contributed by atoms with Gasteiger partial charge in [-0.1, -0.05) is 6.92 Å². The van der Waals surface area contributed by atoms with Crippen molar-refractivity contribution in [2.45, 2.75) is 19.9 Å². The summed E-state index contributed by atoms with van der Waals surface area (Å²) in [5.41, 5.74) is 1.09. The zero-order chi connectivity index (χ0) is 8.81. The summed E-state index contributed by atoms with van der Waals surface area (Å²) in [6, 6.07) is 3.98. The molecule has 0 amide bonds. The summed E-state index contributed by atoms with van der Waals surface area (Å²) in [5.74, 6) is 0. The van der Waals surface area contributed by atoms with Crippen LogP contribution >= 0.6 is 0 Å². The summed E-state index contributed by atoms with van der Waals surface area (Å²) in [6.45, 7) is 3.14. The largest absolute Gasteiger partial charge is 0.348 e. The first-order valence-corrected chi connectivity index (χ1v) is 4.15. The molecule has 64 valence electrons. The number of rotatable bonds is 4. The van der Waals surface area contributed by atoms with E-state index in [1.54, 1.807) is 0 Å². The van der Waals surface area contributed by atoms with E-state index in [9.17, 15) is 4.79 Å². The van der Waals surface area contributed by atoms with Crippen molar-refractivity contribution in [1.82, 2.24) is 4.57 Å². The first-order chi connectivity index (χ1) is 5.88. The molecule has 0 unspecified atom stereocenters. The van der Waals surface area contributed by atoms with Gasteiger partial charge in [-0.3, -0.25) is 4.79 Å². The summed E-state index contributed by atoms with van der Waals surface area (Å²) < 4.78 is 2.12. The molecule has 0 saturated heterocycles. The van der Waals surface area contributed by atoms with Crippen LogP contribution in [0, 0.1) is 0 Å². The Kier molecular flexibility index (Phi) is 3.33. The van der Waals surface area contributed by atoms with Crippen molar-refractivity contribution in [1.29, 1.82) is 0 Å². The van der Waals surface area contributed by atoms with Gasteiger partial charge in [0.2, 0.25) is 0 Å². The smallest absolute Gasteiger partial charge is 0.142 e. The molecule has 0 saturated carbocycles. The molecule has 0 radical (unpaired) electrons. The highest BCUT2D eigenvalue weighted by atomic mass is 16.1. The maximum absolute atomic E-state index is 10.1. The van der Waals surface area contributed by atoms with Crippen molar-refractivity contribution in [2.24, 2.45) is 0 Å². The van der Waals surface area contributed by atoms with Gasteiger partial charge in [0.15, 0.2) is 0 Å². The minimum Gasteiger partial charge on any atom is -0.348 e. The quantitative estimate of drug-likeness (QED) is 0.492. The molecule has 2 heteroatoms. The van der Waals surface area contributed by atoms with Crippen LogP contribution < -0.4 is 0 Å². The topological polar surface area (TPSA) is 22.0 Å². The molecule has 0 fully saturated rings. The molecule has 2 nitrogen and oxygen atoms in total. The Labute approximate surface area is 72.5 Å². The molecular formula is C10H13NO. The molecule has 12 heavy (non-hydrogen) atoms. The summed E-state index contributed by atoms with van der Waals surface area (Å²) >= 11 is 0. The molecule has 0 aliphatic carbocycles. The van der Waals surface area contributed by atoms with Gasteiger partial charge in [-0.05, 0) is 30.7 Å². The summed E-state index contributed by atoms with van der Waals surface area (Å²) in [7, 11) is 0. The number of hydrogen-bond donors (Lipinski definition) is 0. The average molecular weight is 163 g/mol. The Morgan fingerprint density at radius 2 is 2.42 bits per heavy atom. The normalized spacial score (nSPS) is 10.8. The number of aldehydes is 1. The zero-order valence-electron chi connectivity index (χ0n) is 7.23. The van der Waals surface area contributed by atoms with E-state index in [2.05, 4.69) is 11.5 Å². The fourth-order valence-corrected chi connectivity index (χ4v) is 1.16. The molecule has 0 aromatic carbocycles. The maximum atomic E-state index is 10.1. The highest BCUT2D eigenvalue weighted by Crippen LogP contribution is 2.04. The van der Waals surface area contributed by atoms with Crippen LogP contribution in [0.5, 0.6) is 0 Å². The number of allylic oxidation sites excluding steroid dienone is 1. The van der Waals surface area contributed by atoms with E-state index in [0.717, 1.165) is 24.9 Å². The summed E-state index contributed by atoms with van der Waals surface area (Å²) in [6.07, 6.45) is 7.26. The minimum absolute atomic E-state index is 0.795. The molecule has 0 spiro atoms. The average Bonchev–Trinajstić information content (AvgIpc) is 2.50. The van der Waals surface area contributed by atoms with E-state index in [1.165, 1.54) is 6.08 Å². The number of aryl methyl sites for hydroxylation is 1. The second-order valence-corrected chi connectivity index (χ2v) is 2.62. The van der Waals surface area contributed by atoms with Gasteiger partial charge >= 0.3 is 0 Å². The van der Waals surface area contributed by atoms with Gasteiger partial charge in [-0.2, -0.15) is 0 Å². The predicted octanol–water partition coefficient (Wildman–Crippen LogP) is 2.11. The number of nitrogens with zero attached hydrogens (tertiary/aromatic N) is 1. The lowest BCUT2D eigenvalue weighted by Gasteiger charge is -2.02. The van der Waals surface area contributed by atoms with Crippen molar-refractivity contribution < 1.29 is 4.79 Å². The van der Waals surface area contributed by atoms with E-state index >= 15 is 0 Å². The van der Waals surface area contributed by atoms with Crippen LogP contribution in [0.4, 0.5) is 0 Å². The van der Waals surface area contributed by atoms with Crippen LogP contribution in [0.15, 0.2) is 24.4 Å². The van der Waals surface area contributed by atoms with Crippen LogP contribution in [0.2, 0.25) is 0 Å². The number of carbonyl (C=O) groups is 1. The molecule has 1 aromatic rings. The lowest BCUT2D eigenvalue weighted by Crippen LogP contribution is -1.96. The highest BCUT2D eigenvalue weighted by molar-refractivity contribution is 5.73. The monoisotopic (exact) mass is 163 g/mol. The van der Waals surface area contributed by atoms with E-state index in [1.807, 2.05) is 24.4 Å². The van der Waals surface area contributed by atoms with Crippen molar-refractivity contribution in [3.63, 3.8) is 0 Å². The SMILES string of the molecule is CCCn1cccc1C=CC=O. The maximum Gasteiger partial charge on any atom is 0.142 e. The molecule has 0 aliphatic heterocycles. The fraction of sp³-hybridized carbons (Fsp3) is 0.300. The second kappa shape index (κ2) is 4.54. The van der Waals surface area contributed by atoms with Crippen molar-refractivity contribution in [2.75, 3.05) is 0 Å². The Bertz CT molecular complexity index is 273. The molecular weight excluding hydrogens is 150 g/mol. The van der Waals surface area contributed by atoms with Crippen molar-refractivity contribution in [3.8, 4) is 0 Å². The third-order valence-corrected chi connectivity index (χ3v) is 1.67. The lowest BCUT2D eigenvalue weighted by atomic mass is 10.3. The second-order valence-electron chi connectivity index (χ2n) is 2.62. The third-order valence-electron chi connectivity index (χ3n) is 1.67. The van der Waals surface area contributed by atoms with Crippen LogP contribution in [0.1, 0.15) is 19.0 Å². The fourth-order valence-electron chi connectivity index (χ4n) is 1.16. The summed E-state index contributed by atoms with van der Waals surface area (Å²) in [5, 5.41) is 0. The molecule has 1 aromatic heterocycles. The molecule has 0 N–H and O–H groups in total. The summed E-state index contributed by atoms with van der Waals surface area (Å²) in [4.78, 5) is 10.1. The van der Waals surface area contributed by atoms with Crippen molar-refractivity contribution >= 4 is 12.4 Å². The Hall–Kier alpha value is -1.31. The van der Waals surface area contributed by atoms with Gasteiger partial charge in [0.05, 0.1) is 0 Å². The van der Waals surface area contributed by atoms with E-state index in [4.69, 9.17) is 0 Å². The van der Waals surface area contributed by atoms with Gasteiger partial charge in [0.25, 0.3) is 0 Å². The highest BCUT2D eigenvalue weighted by Gasteiger charge is 1.93. The molecule has 0 atom stereocenters. The van der Waals surface area contributed by atoms with E-state index in [0.29, 0.717) is 0 Å². The van der Waals surface area contributed by atoms with Crippen LogP contribution in [0.3, 0.4) is 0 Å². The number of carbonyl (C=O) groups excluding carboxylic acids is 1. The standard InChI is InChI=1S/C10H13NO/c1-2-7-11-8-3-5-10(11)6-4-9-12/h3-6,8-9H,2,7H2,1H3. The van der Waals surface area contributed by atoms with E-state index < -0.39 is 0 Å². The Morgan fingerprint density at radius 3 is 3.08 bits per heavy atom. The van der Waals surface area contributed by atoms with Gasteiger partial charge in [0, 0.05) is 18.4 Å². The zero-order valence-corrected chi connectivity index (χ0v) is 7.23. The molecule has 1 rings (SSSR count). The Morgan fingerprint density at radius 1 is 1.58 bits per heavy atom. The predicted molar refractivity (Wildman–Crippen MR) is 49.8 cm³/mol. The molecule has 0 aliphatic rings. The first kappa shape index (κ1) is 8.78. The van der Waals surface area contributed by atoms with Gasteiger partial charge in [-0.25, -0.2) is 0 Å². The minimum atomic E-state index is 0.795. The first-order valence-electron chi connectivity index (χ1n) is 4.15. The van der Waals surface area contributed by atoms with Gasteiger partial charge in [0.1, 0.15) is 6.29 Å². The lowest BCUT2D eigenvalue weighted by molar-refractivity contribution is -0.104. The van der Waals surface area contributed by atoms with E-state index in [-0.39, 0.29) is 0 Å². The number of aromatic nitrogens is 1. The molecule has 0 bridgehead atoms. The van der Waals surface area contributed by atoms with Crippen LogP contribution in [-0.2, 0) is 11.3 Å². The van der Waals surface area contributed by atoms with Gasteiger partial charge < -0.3 is 4.57 Å².